The van der Waals surface area contributed by atoms with Crippen LogP contribution in [0.3, 0.4) is 0 Å². The number of methoxy groups -OCH3 is 1. The van der Waals surface area contributed by atoms with Gasteiger partial charge in [0.25, 0.3) is 5.91 Å². The topological polar surface area (TPSA) is 85.6 Å². The first-order valence-electron chi connectivity index (χ1n) is 9.99. The van der Waals surface area contributed by atoms with Gasteiger partial charge in [0.1, 0.15) is 17.2 Å². The Morgan fingerprint density at radius 1 is 1.00 bits per heavy atom. The summed E-state index contributed by atoms with van der Waals surface area (Å²) in [4.78, 5) is 16.3. The van der Waals surface area contributed by atoms with Crippen LogP contribution in [-0.2, 0) is 0 Å². The summed E-state index contributed by atoms with van der Waals surface area (Å²) < 4.78 is 16.2. The minimum Gasteiger partial charge on any atom is -0.497 e. The van der Waals surface area contributed by atoms with E-state index in [4.69, 9.17) is 13.9 Å². The van der Waals surface area contributed by atoms with Crippen molar-refractivity contribution in [2.75, 3.05) is 25.5 Å². The summed E-state index contributed by atoms with van der Waals surface area (Å²) >= 11 is 0. The van der Waals surface area contributed by atoms with Gasteiger partial charge < -0.3 is 24.5 Å². The standard InChI is InChI=1S/C24H23N3O4/c1-29-17-5-7-18(8-6-17)31-19-9-10-20-21(11-14-26-22(20)16-19)25-12-3-13-27-24(28)23-4-2-15-30-23/h2,4-11,14-16H,3,12-13H2,1H3,(H,25,26)(H,27,28). The summed E-state index contributed by atoms with van der Waals surface area (Å²) in [6.45, 7) is 1.26. The second kappa shape index (κ2) is 9.67. The van der Waals surface area contributed by atoms with Crippen molar-refractivity contribution in [1.29, 1.82) is 0 Å². The van der Waals surface area contributed by atoms with E-state index < -0.39 is 0 Å². The molecule has 0 bridgehead atoms. The molecule has 0 radical (unpaired) electrons. The summed E-state index contributed by atoms with van der Waals surface area (Å²) in [7, 11) is 1.63. The molecule has 2 aromatic carbocycles. The van der Waals surface area contributed by atoms with Crippen LogP contribution < -0.4 is 20.1 Å². The first kappa shape index (κ1) is 20.3. The molecule has 7 heteroatoms. The largest absolute Gasteiger partial charge is 0.497 e. The molecule has 0 aliphatic rings. The number of hydrogen-bond donors (Lipinski definition) is 2. The van der Waals surface area contributed by atoms with E-state index in [0.717, 1.165) is 34.5 Å². The zero-order valence-corrected chi connectivity index (χ0v) is 17.1. The summed E-state index contributed by atoms with van der Waals surface area (Å²) in [6, 6.07) is 18.5. The van der Waals surface area contributed by atoms with Gasteiger partial charge in [0, 0.05) is 36.4 Å². The van der Waals surface area contributed by atoms with Crippen molar-refractivity contribution in [2.24, 2.45) is 0 Å². The molecule has 0 spiro atoms. The number of hydrogen-bond acceptors (Lipinski definition) is 6. The van der Waals surface area contributed by atoms with Crippen molar-refractivity contribution in [1.82, 2.24) is 10.3 Å². The Hall–Kier alpha value is -4.00. The van der Waals surface area contributed by atoms with Gasteiger partial charge in [-0.05, 0) is 61.0 Å². The monoisotopic (exact) mass is 417 g/mol. The third-order valence-electron chi connectivity index (χ3n) is 4.71. The molecule has 0 saturated carbocycles. The molecule has 2 heterocycles. The Balaban J connectivity index is 1.33. The van der Waals surface area contributed by atoms with Gasteiger partial charge in [-0.15, -0.1) is 0 Å². The maximum atomic E-state index is 11.9. The molecule has 0 unspecified atom stereocenters. The van der Waals surface area contributed by atoms with Crippen molar-refractivity contribution in [3.63, 3.8) is 0 Å². The van der Waals surface area contributed by atoms with Gasteiger partial charge in [0.15, 0.2) is 5.76 Å². The minimum atomic E-state index is -0.205. The molecule has 2 N–H and O–H groups in total. The normalized spacial score (nSPS) is 10.6. The van der Waals surface area contributed by atoms with Crippen LogP contribution in [0, 0.1) is 0 Å². The van der Waals surface area contributed by atoms with Crippen molar-refractivity contribution >= 4 is 22.5 Å². The Kier molecular flexibility index (Phi) is 6.32. The van der Waals surface area contributed by atoms with Crippen molar-refractivity contribution in [2.45, 2.75) is 6.42 Å². The van der Waals surface area contributed by atoms with E-state index >= 15 is 0 Å². The second-order valence-corrected chi connectivity index (χ2v) is 6.83. The number of anilines is 1. The fraction of sp³-hybridized carbons (Fsp3) is 0.167. The molecule has 2 aromatic heterocycles. The summed E-state index contributed by atoms with van der Waals surface area (Å²) in [5.74, 6) is 2.34. The molecular formula is C24H23N3O4. The minimum absolute atomic E-state index is 0.205. The Morgan fingerprint density at radius 2 is 1.81 bits per heavy atom. The smallest absolute Gasteiger partial charge is 0.286 e. The highest BCUT2D eigenvalue weighted by atomic mass is 16.5. The van der Waals surface area contributed by atoms with E-state index in [2.05, 4.69) is 15.6 Å². The van der Waals surface area contributed by atoms with Crippen LogP contribution in [0.15, 0.2) is 77.5 Å². The number of pyridine rings is 1. The molecule has 0 fully saturated rings. The third-order valence-corrected chi connectivity index (χ3v) is 4.71. The molecule has 0 aliphatic heterocycles. The first-order valence-corrected chi connectivity index (χ1v) is 9.99. The average Bonchev–Trinajstić information content (AvgIpc) is 3.34. The van der Waals surface area contributed by atoms with Gasteiger partial charge in [0.05, 0.1) is 18.9 Å². The number of benzene rings is 2. The van der Waals surface area contributed by atoms with E-state index in [1.807, 2.05) is 48.5 Å². The third kappa shape index (κ3) is 5.14. The maximum absolute atomic E-state index is 11.9. The van der Waals surface area contributed by atoms with Gasteiger partial charge in [-0.2, -0.15) is 0 Å². The molecule has 4 rings (SSSR count). The van der Waals surface area contributed by atoms with Crippen LogP contribution in [-0.4, -0.2) is 31.1 Å². The number of fused-ring (bicyclic) bond motifs is 1. The zero-order valence-electron chi connectivity index (χ0n) is 17.1. The van der Waals surface area contributed by atoms with Gasteiger partial charge in [-0.25, -0.2) is 0 Å². The van der Waals surface area contributed by atoms with Crippen molar-refractivity contribution in [3.05, 3.63) is 78.9 Å². The fourth-order valence-corrected chi connectivity index (χ4v) is 3.13. The van der Waals surface area contributed by atoms with E-state index in [9.17, 15) is 4.79 Å². The summed E-state index contributed by atoms with van der Waals surface area (Å²) in [6.07, 6.45) is 4.02. The quantitative estimate of drug-likeness (QED) is 0.378. The molecule has 4 aromatic rings. The van der Waals surface area contributed by atoms with Crippen LogP contribution in [0.1, 0.15) is 17.0 Å². The van der Waals surface area contributed by atoms with Crippen LogP contribution in [0.4, 0.5) is 5.69 Å². The lowest BCUT2D eigenvalue weighted by atomic mass is 10.1. The SMILES string of the molecule is COc1ccc(Oc2ccc3c(NCCCNC(=O)c4ccco4)ccnc3c2)cc1. The lowest BCUT2D eigenvalue weighted by Crippen LogP contribution is -2.25. The number of aromatic nitrogens is 1. The summed E-state index contributed by atoms with van der Waals surface area (Å²) in [5.41, 5.74) is 1.82. The van der Waals surface area contributed by atoms with Gasteiger partial charge in [0.2, 0.25) is 0 Å². The predicted molar refractivity (Wildman–Crippen MR) is 119 cm³/mol. The number of nitrogens with one attached hydrogen (secondary N) is 2. The van der Waals surface area contributed by atoms with Gasteiger partial charge >= 0.3 is 0 Å². The highest BCUT2D eigenvalue weighted by molar-refractivity contribution is 5.92. The fourth-order valence-electron chi connectivity index (χ4n) is 3.13. The lowest BCUT2D eigenvalue weighted by Gasteiger charge is -2.11. The van der Waals surface area contributed by atoms with E-state index in [1.54, 1.807) is 25.4 Å². The van der Waals surface area contributed by atoms with Crippen LogP contribution in [0.25, 0.3) is 10.9 Å². The highest BCUT2D eigenvalue weighted by Gasteiger charge is 2.07. The summed E-state index contributed by atoms with van der Waals surface area (Å²) in [5, 5.41) is 7.25. The molecule has 0 saturated heterocycles. The van der Waals surface area contributed by atoms with Crippen LogP contribution in [0.2, 0.25) is 0 Å². The number of ether oxygens (including phenoxy) is 2. The Labute approximate surface area is 180 Å². The first-order chi connectivity index (χ1) is 15.2. The molecule has 0 aliphatic carbocycles. The molecule has 7 nitrogen and oxygen atoms in total. The molecular weight excluding hydrogens is 394 g/mol. The average molecular weight is 417 g/mol. The number of carbonyl (C=O) groups excluding carboxylic acids is 1. The number of carbonyl (C=O) groups is 1. The van der Waals surface area contributed by atoms with Gasteiger partial charge in [-0.1, -0.05) is 0 Å². The number of nitrogens with zero attached hydrogens (tertiary/aromatic N) is 1. The molecule has 0 atom stereocenters. The Morgan fingerprint density at radius 3 is 2.58 bits per heavy atom. The van der Waals surface area contributed by atoms with Crippen molar-refractivity contribution < 1.29 is 18.7 Å². The zero-order chi connectivity index (χ0) is 21.5. The van der Waals surface area contributed by atoms with Gasteiger partial charge in [-0.3, -0.25) is 9.78 Å². The van der Waals surface area contributed by atoms with E-state index in [1.165, 1.54) is 6.26 Å². The van der Waals surface area contributed by atoms with Crippen LogP contribution >= 0.6 is 0 Å². The highest BCUT2D eigenvalue weighted by Crippen LogP contribution is 2.29. The molecule has 158 valence electrons. The number of furan rings is 1. The lowest BCUT2D eigenvalue weighted by molar-refractivity contribution is 0.0926. The van der Waals surface area contributed by atoms with Crippen LogP contribution in [0.5, 0.6) is 17.2 Å². The number of rotatable bonds is 9. The van der Waals surface area contributed by atoms with E-state index in [0.29, 0.717) is 24.6 Å². The molecule has 1 amide bonds. The Bertz CT molecular complexity index is 1140. The van der Waals surface area contributed by atoms with E-state index in [-0.39, 0.29) is 5.91 Å². The second-order valence-electron chi connectivity index (χ2n) is 6.83. The van der Waals surface area contributed by atoms with Crippen molar-refractivity contribution in [3.8, 4) is 17.2 Å². The predicted octanol–water partition coefficient (Wildman–Crippen LogP) is 4.86. The maximum Gasteiger partial charge on any atom is 0.286 e. The molecule has 31 heavy (non-hydrogen) atoms. The number of amides is 1.